The van der Waals surface area contributed by atoms with Crippen LogP contribution >= 0.6 is 11.3 Å². The highest BCUT2D eigenvalue weighted by Gasteiger charge is 2.21. The van der Waals surface area contributed by atoms with Crippen LogP contribution in [0.1, 0.15) is 48.5 Å². The van der Waals surface area contributed by atoms with Crippen molar-refractivity contribution in [2.45, 2.75) is 39.8 Å². The van der Waals surface area contributed by atoms with E-state index in [0.29, 0.717) is 12.0 Å². The highest BCUT2D eigenvalue weighted by atomic mass is 32.1. The standard InChI is InChI=1S/C12H22N2OS/c1-7(2)10(15-6)12-14-9(4)11(16-12)8(3)13-5/h7-8,10,13H,1-6H3. The first kappa shape index (κ1) is 13.6. The van der Waals surface area contributed by atoms with E-state index in [-0.39, 0.29) is 6.10 Å². The fourth-order valence-electron chi connectivity index (χ4n) is 1.74. The van der Waals surface area contributed by atoms with E-state index >= 15 is 0 Å². The Kier molecular flexibility index (Phi) is 4.89. The van der Waals surface area contributed by atoms with Crippen LogP contribution in [0, 0.1) is 12.8 Å². The summed E-state index contributed by atoms with van der Waals surface area (Å²) in [5.74, 6) is 0.452. The highest BCUT2D eigenvalue weighted by Crippen LogP contribution is 2.33. The molecule has 0 aliphatic rings. The molecule has 2 unspecified atom stereocenters. The Morgan fingerprint density at radius 3 is 2.38 bits per heavy atom. The molecule has 0 fully saturated rings. The van der Waals surface area contributed by atoms with Gasteiger partial charge in [0.2, 0.25) is 0 Å². The first-order valence-corrected chi connectivity index (χ1v) is 6.50. The summed E-state index contributed by atoms with van der Waals surface area (Å²) in [5.41, 5.74) is 1.12. The summed E-state index contributed by atoms with van der Waals surface area (Å²) in [6.07, 6.45) is 0.113. The van der Waals surface area contributed by atoms with Crippen LogP contribution in [0.2, 0.25) is 0 Å². The lowest BCUT2D eigenvalue weighted by atomic mass is 10.1. The number of methoxy groups -OCH3 is 1. The number of aromatic nitrogens is 1. The van der Waals surface area contributed by atoms with E-state index in [1.54, 1.807) is 18.4 Å². The number of hydrogen-bond acceptors (Lipinski definition) is 4. The van der Waals surface area contributed by atoms with Gasteiger partial charge in [-0.15, -0.1) is 11.3 Å². The number of rotatable bonds is 5. The molecule has 0 aliphatic heterocycles. The van der Waals surface area contributed by atoms with Gasteiger partial charge >= 0.3 is 0 Å². The van der Waals surface area contributed by atoms with E-state index < -0.39 is 0 Å². The van der Waals surface area contributed by atoms with Crippen molar-refractivity contribution in [3.63, 3.8) is 0 Å². The maximum atomic E-state index is 5.51. The Hall–Kier alpha value is -0.450. The molecule has 1 heterocycles. The number of thiazole rings is 1. The van der Waals surface area contributed by atoms with Gasteiger partial charge in [-0.2, -0.15) is 0 Å². The van der Waals surface area contributed by atoms with Crippen molar-refractivity contribution < 1.29 is 4.74 Å². The topological polar surface area (TPSA) is 34.1 Å². The molecule has 0 spiro atoms. The van der Waals surface area contributed by atoms with Crippen molar-refractivity contribution in [3.05, 3.63) is 15.6 Å². The molecule has 0 bridgehead atoms. The molecule has 1 rings (SSSR count). The molecule has 92 valence electrons. The van der Waals surface area contributed by atoms with E-state index in [1.165, 1.54) is 4.88 Å². The summed E-state index contributed by atoms with van der Waals surface area (Å²) in [7, 11) is 3.72. The molecule has 0 radical (unpaired) electrons. The monoisotopic (exact) mass is 242 g/mol. The molecular weight excluding hydrogens is 220 g/mol. The highest BCUT2D eigenvalue weighted by molar-refractivity contribution is 7.11. The molecule has 0 saturated heterocycles. The van der Waals surface area contributed by atoms with Crippen molar-refractivity contribution in [1.29, 1.82) is 0 Å². The fourth-order valence-corrected chi connectivity index (χ4v) is 3.12. The van der Waals surface area contributed by atoms with Crippen LogP contribution in [0.15, 0.2) is 0 Å². The SMILES string of the molecule is CNC(C)c1sc(C(OC)C(C)C)nc1C. The van der Waals surface area contributed by atoms with Crippen LogP contribution in [0.5, 0.6) is 0 Å². The van der Waals surface area contributed by atoms with Gasteiger partial charge < -0.3 is 10.1 Å². The van der Waals surface area contributed by atoms with Crippen molar-refractivity contribution in [3.8, 4) is 0 Å². The zero-order valence-corrected chi connectivity index (χ0v) is 11.8. The van der Waals surface area contributed by atoms with Gasteiger partial charge in [0.25, 0.3) is 0 Å². The minimum Gasteiger partial charge on any atom is -0.374 e. The van der Waals surface area contributed by atoms with Crippen molar-refractivity contribution in [2.24, 2.45) is 5.92 Å². The maximum absolute atomic E-state index is 5.51. The van der Waals surface area contributed by atoms with Gasteiger partial charge in [-0.25, -0.2) is 4.98 Å². The predicted molar refractivity (Wildman–Crippen MR) is 68.9 cm³/mol. The molecule has 3 nitrogen and oxygen atoms in total. The summed E-state index contributed by atoms with van der Waals surface area (Å²) in [4.78, 5) is 5.93. The smallest absolute Gasteiger partial charge is 0.122 e. The second-order valence-electron chi connectivity index (χ2n) is 4.41. The normalized spacial score (nSPS) is 15.4. The third-order valence-electron chi connectivity index (χ3n) is 2.78. The molecule has 0 saturated carbocycles. The third-order valence-corrected chi connectivity index (χ3v) is 4.18. The summed E-state index contributed by atoms with van der Waals surface area (Å²) < 4.78 is 5.51. The van der Waals surface area contributed by atoms with E-state index in [1.807, 2.05) is 7.05 Å². The first-order chi connectivity index (χ1) is 7.51. The van der Waals surface area contributed by atoms with Crippen LogP contribution in [0.25, 0.3) is 0 Å². The van der Waals surface area contributed by atoms with Gasteiger partial charge in [-0.3, -0.25) is 0 Å². The second kappa shape index (κ2) is 5.75. The van der Waals surface area contributed by atoms with Gasteiger partial charge in [0.05, 0.1) is 5.69 Å². The molecule has 0 amide bonds. The zero-order chi connectivity index (χ0) is 12.3. The van der Waals surface area contributed by atoms with Crippen LogP contribution in [-0.4, -0.2) is 19.1 Å². The summed E-state index contributed by atoms with van der Waals surface area (Å²) in [6.45, 7) is 8.54. The lowest BCUT2D eigenvalue weighted by Gasteiger charge is -2.16. The number of ether oxygens (including phenoxy) is 1. The van der Waals surface area contributed by atoms with E-state index in [9.17, 15) is 0 Å². The Labute approximate surface area is 102 Å². The lowest BCUT2D eigenvalue weighted by Crippen LogP contribution is -2.11. The maximum Gasteiger partial charge on any atom is 0.122 e. The van der Waals surface area contributed by atoms with Crippen LogP contribution in [0.3, 0.4) is 0 Å². The molecule has 0 aromatic carbocycles. The average molecular weight is 242 g/mol. The van der Waals surface area contributed by atoms with Gasteiger partial charge in [0.15, 0.2) is 0 Å². The van der Waals surface area contributed by atoms with Crippen LogP contribution in [-0.2, 0) is 4.74 Å². The van der Waals surface area contributed by atoms with Gasteiger partial charge in [-0.05, 0) is 26.8 Å². The molecule has 16 heavy (non-hydrogen) atoms. The third kappa shape index (κ3) is 2.81. The van der Waals surface area contributed by atoms with Crippen molar-refractivity contribution in [2.75, 3.05) is 14.2 Å². The van der Waals surface area contributed by atoms with Crippen LogP contribution in [0.4, 0.5) is 0 Å². The molecule has 2 atom stereocenters. The molecular formula is C12H22N2OS. The number of nitrogens with zero attached hydrogens (tertiary/aromatic N) is 1. The van der Waals surface area contributed by atoms with E-state index in [2.05, 4.69) is 38.0 Å². The lowest BCUT2D eigenvalue weighted by molar-refractivity contribution is 0.0643. The predicted octanol–water partition coefficient (Wildman–Crippen LogP) is 3.08. The van der Waals surface area contributed by atoms with E-state index in [0.717, 1.165) is 10.7 Å². The minimum atomic E-state index is 0.113. The Morgan fingerprint density at radius 1 is 1.31 bits per heavy atom. The van der Waals surface area contributed by atoms with Gasteiger partial charge in [0.1, 0.15) is 11.1 Å². The second-order valence-corrected chi connectivity index (χ2v) is 5.47. The summed E-state index contributed by atoms with van der Waals surface area (Å²) in [5, 5.41) is 4.34. The fraction of sp³-hybridized carbons (Fsp3) is 0.750. The molecule has 1 aromatic heterocycles. The number of nitrogens with one attached hydrogen (secondary N) is 1. The Morgan fingerprint density at radius 2 is 1.94 bits per heavy atom. The largest absolute Gasteiger partial charge is 0.374 e. The molecule has 1 N–H and O–H groups in total. The number of aryl methyl sites for hydroxylation is 1. The Balaban J connectivity index is 2.99. The average Bonchev–Trinajstić information content (AvgIpc) is 2.59. The van der Waals surface area contributed by atoms with Gasteiger partial charge in [-0.1, -0.05) is 13.8 Å². The van der Waals surface area contributed by atoms with Gasteiger partial charge in [0, 0.05) is 18.0 Å². The summed E-state index contributed by atoms with van der Waals surface area (Å²) in [6, 6.07) is 0.357. The molecule has 1 aromatic rings. The minimum absolute atomic E-state index is 0.113. The summed E-state index contributed by atoms with van der Waals surface area (Å²) >= 11 is 1.75. The first-order valence-electron chi connectivity index (χ1n) is 5.68. The van der Waals surface area contributed by atoms with E-state index in [4.69, 9.17) is 4.74 Å². The van der Waals surface area contributed by atoms with Crippen molar-refractivity contribution in [1.82, 2.24) is 10.3 Å². The quantitative estimate of drug-likeness (QED) is 0.861. The van der Waals surface area contributed by atoms with Crippen LogP contribution < -0.4 is 5.32 Å². The van der Waals surface area contributed by atoms with Crippen molar-refractivity contribution >= 4 is 11.3 Å². The molecule has 0 aliphatic carbocycles. The molecule has 4 heteroatoms. The number of hydrogen-bond donors (Lipinski definition) is 1. The zero-order valence-electron chi connectivity index (χ0n) is 11.0. The Bertz CT molecular complexity index is 336.